The van der Waals surface area contributed by atoms with Gasteiger partial charge in [-0.25, -0.2) is 13.1 Å². The van der Waals surface area contributed by atoms with Crippen LogP contribution < -0.4 is 4.72 Å². The molecule has 37 heavy (non-hydrogen) atoms. The van der Waals surface area contributed by atoms with Crippen molar-refractivity contribution in [1.29, 1.82) is 0 Å². The molecular weight excluding hydrogens is 525 g/mol. The first-order chi connectivity index (χ1) is 17.5. The number of carbonyl (C=O) groups excluding carboxylic acids is 1. The fraction of sp³-hybridized carbons (Fsp3) is 0.185. The number of pyridine rings is 1. The van der Waals surface area contributed by atoms with E-state index < -0.39 is 39.5 Å². The Morgan fingerprint density at radius 2 is 1.73 bits per heavy atom. The zero-order chi connectivity index (χ0) is 26.4. The zero-order valence-electron chi connectivity index (χ0n) is 19.2. The van der Waals surface area contributed by atoms with Gasteiger partial charge in [0.2, 0.25) is 5.91 Å². The average Bonchev–Trinajstić information content (AvgIpc) is 3.24. The monoisotopic (exact) mass is 544 g/mol. The number of carbonyl (C=O) groups is 1. The molecule has 1 amide bonds. The van der Waals surface area contributed by atoms with Gasteiger partial charge in [-0.05, 0) is 53.6 Å². The van der Waals surface area contributed by atoms with Crippen LogP contribution in [0.1, 0.15) is 28.8 Å². The molecule has 0 radical (unpaired) electrons. The quantitative estimate of drug-likeness (QED) is 0.342. The number of alkyl halides is 3. The van der Waals surface area contributed by atoms with E-state index in [1.165, 1.54) is 18.3 Å². The third-order valence-electron chi connectivity index (χ3n) is 6.80. The van der Waals surface area contributed by atoms with E-state index in [-0.39, 0.29) is 17.0 Å². The molecule has 3 aromatic carbocycles. The van der Waals surface area contributed by atoms with Gasteiger partial charge in [0.05, 0.1) is 21.6 Å². The first-order valence-corrected chi connectivity index (χ1v) is 13.2. The van der Waals surface area contributed by atoms with Crippen LogP contribution in [0, 0.1) is 0 Å². The largest absolute Gasteiger partial charge is 0.418 e. The second-order valence-electron chi connectivity index (χ2n) is 8.93. The van der Waals surface area contributed by atoms with Crippen molar-refractivity contribution in [3.8, 4) is 0 Å². The summed E-state index contributed by atoms with van der Waals surface area (Å²) < 4.78 is 70.5. The molecule has 1 heterocycles. The Balaban J connectivity index is 1.62. The summed E-state index contributed by atoms with van der Waals surface area (Å²) in [6.45, 7) is 0. The Labute approximate surface area is 216 Å². The van der Waals surface area contributed by atoms with E-state index in [4.69, 9.17) is 11.6 Å². The molecule has 1 aliphatic carbocycles. The standard InChI is InChI=1S/C27H20ClF3N2O3S/c28-22-11-4-9-20-19(22)13-14-26(20,16-23-21(27(29,30)31)10-5-15-32-23)25(34)33-37(35,36)24-12-3-7-17-6-1-2-8-18(17)24/h1-12,15H,13-14,16H2,(H,33,34). The molecule has 1 aliphatic rings. The molecule has 0 aliphatic heterocycles. The van der Waals surface area contributed by atoms with E-state index in [1.54, 1.807) is 54.6 Å². The first-order valence-electron chi connectivity index (χ1n) is 11.4. The highest BCUT2D eigenvalue weighted by molar-refractivity contribution is 7.90. The Kier molecular flexibility index (Phi) is 6.24. The van der Waals surface area contributed by atoms with Crippen molar-refractivity contribution in [2.45, 2.75) is 35.7 Å². The Hall–Kier alpha value is -3.43. The van der Waals surface area contributed by atoms with Crippen LogP contribution in [0.4, 0.5) is 13.2 Å². The number of aromatic nitrogens is 1. The topological polar surface area (TPSA) is 76.1 Å². The molecule has 10 heteroatoms. The summed E-state index contributed by atoms with van der Waals surface area (Å²) in [7, 11) is -4.38. The molecule has 0 bridgehead atoms. The summed E-state index contributed by atoms with van der Waals surface area (Å²) in [4.78, 5) is 17.7. The molecule has 1 atom stereocenters. The highest BCUT2D eigenvalue weighted by Gasteiger charge is 2.49. The molecule has 0 saturated carbocycles. The van der Waals surface area contributed by atoms with Gasteiger partial charge < -0.3 is 0 Å². The highest BCUT2D eigenvalue weighted by atomic mass is 35.5. The number of hydrogen-bond acceptors (Lipinski definition) is 4. The van der Waals surface area contributed by atoms with Crippen LogP contribution in [0.2, 0.25) is 5.02 Å². The number of fused-ring (bicyclic) bond motifs is 2. The summed E-state index contributed by atoms with van der Waals surface area (Å²) in [5, 5.41) is 1.44. The van der Waals surface area contributed by atoms with E-state index in [0.29, 0.717) is 33.3 Å². The van der Waals surface area contributed by atoms with E-state index in [1.807, 2.05) is 0 Å². The van der Waals surface area contributed by atoms with Gasteiger partial charge in [0.15, 0.2) is 0 Å². The minimum atomic E-state index is -4.70. The first kappa shape index (κ1) is 25.2. The second-order valence-corrected chi connectivity index (χ2v) is 11.0. The van der Waals surface area contributed by atoms with E-state index in [9.17, 15) is 26.4 Å². The fourth-order valence-corrected chi connectivity index (χ4v) is 6.61. The molecule has 5 nitrogen and oxygen atoms in total. The number of hydrogen-bond donors (Lipinski definition) is 1. The van der Waals surface area contributed by atoms with Gasteiger partial charge in [-0.1, -0.05) is 60.1 Å². The second kappa shape index (κ2) is 9.15. The van der Waals surface area contributed by atoms with Gasteiger partial charge >= 0.3 is 6.18 Å². The smallest absolute Gasteiger partial charge is 0.273 e. The maximum absolute atomic E-state index is 13.9. The number of benzene rings is 3. The molecular formula is C27H20ClF3N2O3S. The van der Waals surface area contributed by atoms with Crippen molar-refractivity contribution in [1.82, 2.24) is 9.71 Å². The molecule has 0 spiro atoms. The van der Waals surface area contributed by atoms with Crippen LogP contribution in [0.3, 0.4) is 0 Å². The number of nitrogens with zero attached hydrogens (tertiary/aromatic N) is 1. The number of sulfonamides is 1. The molecule has 190 valence electrons. The van der Waals surface area contributed by atoms with E-state index in [0.717, 1.165) is 6.07 Å². The van der Waals surface area contributed by atoms with Gasteiger partial charge in [-0.2, -0.15) is 13.2 Å². The molecule has 0 saturated heterocycles. The van der Waals surface area contributed by atoms with Crippen LogP contribution in [-0.2, 0) is 39.3 Å². The molecule has 1 unspecified atom stereocenters. The Bertz CT molecular complexity index is 1630. The highest BCUT2D eigenvalue weighted by Crippen LogP contribution is 2.46. The minimum absolute atomic E-state index is 0.0663. The Morgan fingerprint density at radius 1 is 1.00 bits per heavy atom. The molecule has 5 rings (SSSR count). The summed E-state index contributed by atoms with van der Waals surface area (Å²) in [5.74, 6) is -0.930. The van der Waals surface area contributed by atoms with Crippen LogP contribution in [-0.4, -0.2) is 19.3 Å². The minimum Gasteiger partial charge on any atom is -0.273 e. The van der Waals surface area contributed by atoms with Crippen LogP contribution in [0.25, 0.3) is 10.8 Å². The van der Waals surface area contributed by atoms with Gasteiger partial charge in [0, 0.05) is 23.0 Å². The lowest BCUT2D eigenvalue weighted by Crippen LogP contribution is -2.47. The number of nitrogens with one attached hydrogen (secondary N) is 1. The third-order valence-corrected chi connectivity index (χ3v) is 8.55. The van der Waals surface area contributed by atoms with Gasteiger partial charge in [-0.15, -0.1) is 0 Å². The lowest BCUT2D eigenvalue weighted by atomic mass is 9.76. The number of rotatable bonds is 5. The van der Waals surface area contributed by atoms with Crippen molar-refractivity contribution in [3.05, 3.63) is 106 Å². The van der Waals surface area contributed by atoms with Crippen LogP contribution in [0.5, 0.6) is 0 Å². The summed E-state index contributed by atoms with van der Waals surface area (Å²) in [6.07, 6.45) is -3.57. The molecule has 1 aromatic heterocycles. The van der Waals surface area contributed by atoms with Crippen LogP contribution >= 0.6 is 11.6 Å². The lowest BCUT2D eigenvalue weighted by Gasteiger charge is -2.30. The fourth-order valence-electron chi connectivity index (χ4n) is 5.06. The van der Waals surface area contributed by atoms with E-state index in [2.05, 4.69) is 9.71 Å². The summed E-state index contributed by atoms with van der Waals surface area (Å²) >= 11 is 6.36. The predicted octanol–water partition coefficient (Wildman–Crippen LogP) is 5.84. The molecule has 1 N–H and O–H groups in total. The van der Waals surface area contributed by atoms with Crippen molar-refractivity contribution in [2.24, 2.45) is 0 Å². The Morgan fingerprint density at radius 3 is 2.51 bits per heavy atom. The van der Waals surface area contributed by atoms with Crippen molar-refractivity contribution in [3.63, 3.8) is 0 Å². The summed E-state index contributed by atoms with van der Waals surface area (Å²) in [5.41, 5.74) is -1.96. The van der Waals surface area contributed by atoms with Crippen molar-refractivity contribution < 1.29 is 26.4 Å². The SMILES string of the molecule is O=C(NS(=O)(=O)c1cccc2ccccc12)C1(Cc2ncccc2C(F)(F)F)CCc2c(Cl)cccc21. The van der Waals surface area contributed by atoms with Gasteiger partial charge in [0.1, 0.15) is 0 Å². The molecule has 0 fully saturated rings. The number of halogens is 4. The lowest BCUT2D eigenvalue weighted by molar-refractivity contribution is -0.139. The average molecular weight is 545 g/mol. The summed E-state index contributed by atoms with van der Waals surface area (Å²) in [6, 6.07) is 18.4. The van der Waals surface area contributed by atoms with Crippen molar-refractivity contribution >= 4 is 38.3 Å². The predicted molar refractivity (Wildman–Crippen MR) is 134 cm³/mol. The van der Waals surface area contributed by atoms with Gasteiger partial charge in [-0.3, -0.25) is 9.78 Å². The van der Waals surface area contributed by atoms with Crippen LogP contribution in [0.15, 0.2) is 83.9 Å². The number of amides is 1. The van der Waals surface area contributed by atoms with E-state index >= 15 is 0 Å². The third kappa shape index (κ3) is 4.46. The van der Waals surface area contributed by atoms with Crippen molar-refractivity contribution in [2.75, 3.05) is 0 Å². The maximum Gasteiger partial charge on any atom is 0.418 e. The zero-order valence-corrected chi connectivity index (χ0v) is 20.8. The molecule has 4 aromatic rings. The van der Waals surface area contributed by atoms with Gasteiger partial charge in [0.25, 0.3) is 10.0 Å². The maximum atomic E-state index is 13.9. The normalized spacial score (nSPS) is 17.5.